The Labute approximate surface area is 177 Å². The molecule has 1 heterocycles. The molecule has 0 aliphatic heterocycles. The molecule has 0 bridgehead atoms. The Morgan fingerprint density at radius 2 is 1.71 bits per heavy atom. The highest BCUT2D eigenvalue weighted by Crippen LogP contribution is 2.44. The third kappa shape index (κ3) is 4.11. The van der Waals surface area contributed by atoms with E-state index in [1.807, 2.05) is 36.4 Å². The van der Waals surface area contributed by atoms with Crippen LogP contribution in [0.25, 0.3) is 11.1 Å². The van der Waals surface area contributed by atoms with Gasteiger partial charge in [0.25, 0.3) is 5.91 Å². The Balaban J connectivity index is 1.38. The maximum absolute atomic E-state index is 12.3. The average Bonchev–Trinajstić information content (AvgIpc) is 3.35. The minimum Gasteiger partial charge on any atom is -0.480 e. The van der Waals surface area contributed by atoms with Gasteiger partial charge in [0.05, 0.1) is 0 Å². The molecule has 0 spiro atoms. The number of aromatic amines is 1. The minimum absolute atomic E-state index is 0.0158. The van der Waals surface area contributed by atoms with Crippen molar-refractivity contribution in [2.45, 2.75) is 18.9 Å². The first kappa shape index (κ1) is 20.1. The Kier molecular flexibility index (Phi) is 5.40. The van der Waals surface area contributed by atoms with Gasteiger partial charge in [-0.3, -0.25) is 20.0 Å². The SMILES string of the molecule is C[C@H](NC(=O)c1cc(NC(=O)OCC2c3ccccc3-c3ccccc32)n[nH]1)C(=O)O. The van der Waals surface area contributed by atoms with E-state index < -0.39 is 24.0 Å². The molecule has 0 saturated carbocycles. The fraction of sp³-hybridized carbons (Fsp3) is 0.182. The summed E-state index contributed by atoms with van der Waals surface area (Å²) in [7, 11) is 0. The van der Waals surface area contributed by atoms with Gasteiger partial charge in [0.2, 0.25) is 0 Å². The molecule has 1 aliphatic rings. The van der Waals surface area contributed by atoms with Crippen LogP contribution < -0.4 is 10.6 Å². The maximum atomic E-state index is 12.3. The smallest absolute Gasteiger partial charge is 0.412 e. The molecule has 1 aromatic heterocycles. The van der Waals surface area contributed by atoms with Crippen molar-refractivity contribution in [2.24, 2.45) is 0 Å². The number of carboxylic acids is 1. The van der Waals surface area contributed by atoms with Gasteiger partial charge in [0.15, 0.2) is 5.82 Å². The quantitative estimate of drug-likeness (QED) is 0.484. The third-order valence-electron chi connectivity index (χ3n) is 5.11. The molecule has 0 saturated heterocycles. The number of carbonyl (C=O) groups is 3. The standard InChI is InChI=1S/C22H20N4O5/c1-12(21(28)29)23-20(27)18-10-19(26-25-18)24-22(30)31-11-17-15-8-4-2-6-13(15)14-7-3-5-9-16(14)17/h2-10,12,17H,11H2,1H3,(H,23,27)(H,28,29)(H2,24,25,26,30)/t12-/m0/s1. The van der Waals surface area contributed by atoms with E-state index in [1.54, 1.807) is 0 Å². The van der Waals surface area contributed by atoms with E-state index in [2.05, 4.69) is 33.0 Å². The molecule has 9 heteroatoms. The van der Waals surface area contributed by atoms with Crippen LogP contribution in [0.4, 0.5) is 10.6 Å². The van der Waals surface area contributed by atoms with Crippen LogP contribution in [-0.4, -0.2) is 45.9 Å². The topological polar surface area (TPSA) is 133 Å². The molecular formula is C22H20N4O5. The number of hydrogen-bond acceptors (Lipinski definition) is 5. The molecule has 0 unspecified atom stereocenters. The van der Waals surface area contributed by atoms with E-state index in [0.717, 1.165) is 22.3 Å². The van der Waals surface area contributed by atoms with E-state index in [4.69, 9.17) is 9.84 Å². The Morgan fingerprint density at radius 1 is 1.10 bits per heavy atom. The first-order valence-corrected chi connectivity index (χ1v) is 9.65. The van der Waals surface area contributed by atoms with Crippen LogP contribution in [-0.2, 0) is 9.53 Å². The molecule has 31 heavy (non-hydrogen) atoms. The van der Waals surface area contributed by atoms with E-state index in [0.29, 0.717) is 0 Å². The van der Waals surface area contributed by atoms with E-state index in [1.165, 1.54) is 13.0 Å². The zero-order chi connectivity index (χ0) is 22.0. The number of rotatable bonds is 6. The van der Waals surface area contributed by atoms with Gasteiger partial charge in [-0.1, -0.05) is 48.5 Å². The van der Waals surface area contributed by atoms with Gasteiger partial charge in [-0.2, -0.15) is 5.10 Å². The number of ether oxygens (including phenoxy) is 1. The van der Waals surface area contributed by atoms with Crippen LogP contribution in [0.2, 0.25) is 0 Å². The van der Waals surface area contributed by atoms with Crippen molar-refractivity contribution in [3.63, 3.8) is 0 Å². The van der Waals surface area contributed by atoms with Gasteiger partial charge in [0, 0.05) is 12.0 Å². The second-order valence-corrected chi connectivity index (χ2v) is 7.15. The number of aliphatic carboxylic acids is 1. The zero-order valence-electron chi connectivity index (χ0n) is 16.6. The van der Waals surface area contributed by atoms with Gasteiger partial charge >= 0.3 is 12.1 Å². The minimum atomic E-state index is -1.16. The summed E-state index contributed by atoms with van der Waals surface area (Å²) in [4.78, 5) is 35.1. The molecule has 2 amide bonds. The summed E-state index contributed by atoms with van der Waals surface area (Å²) in [5, 5.41) is 19.9. The summed E-state index contributed by atoms with van der Waals surface area (Å²) >= 11 is 0. The van der Waals surface area contributed by atoms with Crippen molar-refractivity contribution in [2.75, 3.05) is 11.9 Å². The van der Waals surface area contributed by atoms with Crippen molar-refractivity contribution in [1.29, 1.82) is 0 Å². The number of H-pyrrole nitrogens is 1. The monoisotopic (exact) mass is 420 g/mol. The van der Waals surface area contributed by atoms with Crippen LogP contribution in [0.5, 0.6) is 0 Å². The average molecular weight is 420 g/mol. The summed E-state index contributed by atoms with van der Waals surface area (Å²) in [6.45, 7) is 1.49. The van der Waals surface area contributed by atoms with Gasteiger partial charge < -0.3 is 15.2 Å². The molecule has 158 valence electrons. The molecule has 1 aliphatic carbocycles. The summed E-state index contributed by atoms with van der Waals surface area (Å²) < 4.78 is 5.43. The number of nitrogens with one attached hydrogen (secondary N) is 3. The normalized spacial score (nSPS) is 13.1. The maximum Gasteiger partial charge on any atom is 0.412 e. The van der Waals surface area contributed by atoms with E-state index >= 15 is 0 Å². The van der Waals surface area contributed by atoms with Crippen molar-refractivity contribution in [1.82, 2.24) is 15.5 Å². The highest BCUT2D eigenvalue weighted by Gasteiger charge is 2.29. The summed E-state index contributed by atoms with van der Waals surface area (Å²) in [5.74, 6) is -1.80. The summed E-state index contributed by atoms with van der Waals surface area (Å²) in [6.07, 6.45) is -0.709. The molecule has 0 radical (unpaired) electrons. The number of carbonyl (C=O) groups excluding carboxylic acids is 2. The largest absolute Gasteiger partial charge is 0.480 e. The molecule has 1 atom stereocenters. The number of benzene rings is 2. The summed E-state index contributed by atoms with van der Waals surface area (Å²) in [5.41, 5.74) is 4.48. The van der Waals surface area contributed by atoms with Crippen LogP contribution in [0, 0.1) is 0 Å². The van der Waals surface area contributed by atoms with Crippen LogP contribution in [0.1, 0.15) is 34.5 Å². The molecule has 3 aromatic rings. The highest BCUT2D eigenvalue weighted by atomic mass is 16.5. The number of carboxylic acid groups (broad SMARTS) is 1. The molecule has 4 N–H and O–H groups in total. The first-order valence-electron chi connectivity index (χ1n) is 9.65. The second kappa shape index (κ2) is 8.31. The number of fused-ring (bicyclic) bond motifs is 3. The molecule has 2 aromatic carbocycles. The van der Waals surface area contributed by atoms with Crippen LogP contribution in [0.15, 0.2) is 54.6 Å². The lowest BCUT2D eigenvalue weighted by Gasteiger charge is -2.14. The predicted molar refractivity (Wildman–Crippen MR) is 112 cm³/mol. The predicted octanol–water partition coefficient (Wildman–Crippen LogP) is 2.97. The van der Waals surface area contributed by atoms with Crippen LogP contribution in [0.3, 0.4) is 0 Å². The number of nitrogens with zero attached hydrogens (tertiary/aromatic N) is 1. The molecule has 9 nitrogen and oxygen atoms in total. The first-order chi connectivity index (χ1) is 14.9. The molecular weight excluding hydrogens is 400 g/mol. The fourth-order valence-electron chi connectivity index (χ4n) is 3.58. The fourth-order valence-corrected chi connectivity index (χ4v) is 3.58. The Bertz CT molecular complexity index is 1110. The Morgan fingerprint density at radius 3 is 2.32 bits per heavy atom. The lowest BCUT2D eigenvalue weighted by Crippen LogP contribution is -2.38. The van der Waals surface area contributed by atoms with Gasteiger partial charge in [-0.25, -0.2) is 4.79 Å². The molecule has 4 rings (SSSR count). The number of anilines is 1. The lowest BCUT2D eigenvalue weighted by atomic mass is 9.98. The molecule has 0 fully saturated rings. The highest BCUT2D eigenvalue weighted by molar-refractivity contribution is 5.96. The van der Waals surface area contributed by atoms with Crippen molar-refractivity contribution in [3.05, 3.63) is 71.4 Å². The van der Waals surface area contributed by atoms with Gasteiger partial charge in [0.1, 0.15) is 18.3 Å². The second-order valence-electron chi connectivity index (χ2n) is 7.15. The van der Waals surface area contributed by atoms with Gasteiger partial charge in [-0.15, -0.1) is 0 Å². The summed E-state index contributed by atoms with van der Waals surface area (Å²) in [6, 6.07) is 16.3. The van der Waals surface area contributed by atoms with Gasteiger partial charge in [-0.05, 0) is 29.2 Å². The van der Waals surface area contributed by atoms with E-state index in [9.17, 15) is 14.4 Å². The Hall–Kier alpha value is -4.14. The number of hydrogen-bond donors (Lipinski definition) is 4. The number of amides is 2. The van der Waals surface area contributed by atoms with Crippen molar-refractivity contribution < 1.29 is 24.2 Å². The van der Waals surface area contributed by atoms with Crippen LogP contribution >= 0.6 is 0 Å². The lowest BCUT2D eigenvalue weighted by molar-refractivity contribution is -0.138. The number of aromatic nitrogens is 2. The van der Waals surface area contributed by atoms with Crippen molar-refractivity contribution in [3.8, 4) is 11.1 Å². The zero-order valence-corrected chi connectivity index (χ0v) is 16.6. The van der Waals surface area contributed by atoms with Crippen molar-refractivity contribution >= 4 is 23.8 Å². The van der Waals surface area contributed by atoms with E-state index in [-0.39, 0.29) is 24.0 Å². The third-order valence-corrected chi connectivity index (χ3v) is 5.11.